The molecular formula is C45H51N2O8S2+. The first kappa shape index (κ1) is 41.1. The van der Waals surface area contributed by atoms with E-state index in [1.807, 2.05) is 0 Å². The van der Waals surface area contributed by atoms with Gasteiger partial charge < -0.3 is 4.90 Å². The molecule has 0 unspecified atom stereocenters. The minimum absolute atomic E-state index is 0.110. The second-order valence-electron chi connectivity index (χ2n) is 15.9. The molecule has 2 aliphatic heterocycles. The highest BCUT2D eigenvalue weighted by molar-refractivity contribution is 7.89. The van der Waals surface area contributed by atoms with Crippen LogP contribution in [-0.2, 0) is 39.0 Å². The Bertz CT molecular complexity index is 2450. The fraction of sp³-hybridized carbons (Fsp3) is 0.356. The first-order chi connectivity index (χ1) is 27.3. The highest BCUT2D eigenvalue weighted by Gasteiger charge is 2.45. The van der Waals surface area contributed by atoms with Crippen LogP contribution < -0.4 is 4.90 Å². The minimum atomic E-state index is -4.51. The third-order valence-corrected chi connectivity index (χ3v) is 12.6. The van der Waals surface area contributed by atoms with Gasteiger partial charge in [-0.15, -0.1) is 4.33 Å². The molecule has 0 radical (unpaired) electrons. The van der Waals surface area contributed by atoms with Crippen molar-refractivity contribution in [2.75, 3.05) is 31.2 Å². The van der Waals surface area contributed by atoms with Crippen molar-refractivity contribution in [3.63, 3.8) is 0 Å². The number of nitrogens with zero attached hydrogens (tertiary/aromatic N) is 2. The summed E-state index contributed by atoms with van der Waals surface area (Å²) in [7, 11) is -4.51. The average molecular weight is 812 g/mol. The number of fused-ring (bicyclic) bond motifs is 6. The molecule has 2 N–H and O–H groups in total. The van der Waals surface area contributed by atoms with E-state index in [2.05, 4.69) is 151 Å². The van der Waals surface area contributed by atoms with Gasteiger partial charge in [0.05, 0.1) is 18.6 Å². The maximum Gasteiger partial charge on any atom is 0.397 e. The molecule has 300 valence electrons. The topological polar surface area (TPSA) is 118 Å². The van der Waals surface area contributed by atoms with Gasteiger partial charge in [-0.05, 0) is 108 Å². The highest BCUT2D eigenvalue weighted by atomic mass is 32.3. The predicted molar refractivity (Wildman–Crippen MR) is 228 cm³/mol. The molecule has 0 fully saturated rings. The van der Waals surface area contributed by atoms with E-state index in [1.54, 1.807) is 0 Å². The quantitative estimate of drug-likeness (QED) is 0.0300. The van der Waals surface area contributed by atoms with E-state index in [-0.39, 0.29) is 17.4 Å². The molecule has 12 heteroatoms. The molecule has 4 aromatic carbocycles. The van der Waals surface area contributed by atoms with E-state index in [4.69, 9.17) is 18.2 Å². The van der Waals surface area contributed by atoms with Gasteiger partial charge in [0.15, 0.2) is 24.6 Å². The van der Waals surface area contributed by atoms with E-state index < -0.39 is 10.4 Å². The number of rotatable bonds is 15. The zero-order valence-electron chi connectivity index (χ0n) is 33.2. The van der Waals surface area contributed by atoms with Gasteiger partial charge >= 0.3 is 10.4 Å². The van der Waals surface area contributed by atoms with E-state index in [9.17, 15) is 8.42 Å². The van der Waals surface area contributed by atoms with Crippen LogP contribution in [0.2, 0.25) is 0 Å². The van der Waals surface area contributed by atoms with Crippen molar-refractivity contribution in [1.29, 1.82) is 0 Å². The van der Waals surface area contributed by atoms with Crippen molar-refractivity contribution in [1.82, 2.24) is 0 Å². The lowest BCUT2D eigenvalue weighted by Gasteiger charge is -2.27. The lowest BCUT2D eigenvalue weighted by Crippen LogP contribution is -2.28. The third kappa shape index (κ3) is 8.41. The summed E-state index contributed by atoms with van der Waals surface area (Å²) >= 11 is 0.604. The summed E-state index contributed by atoms with van der Waals surface area (Å²) in [5.74, 6) is 0. The van der Waals surface area contributed by atoms with Crippen LogP contribution in [0.25, 0.3) is 21.5 Å². The van der Waals surface area contributed by atoms with E-state index >= 15 is 0 Å². The molecular weight excluding hydrogens is 761 g/mol. The Kier molecular flexibility index (Phi) is 12.3. The normalized spacial score (nSPS) is 19.2. The van der Waals surface area contributed by atoms with Gasteiger partial charge in [-0.1, -0.05) is 85.6 Å². The number of allylic oxidation sites excluding steroid dienone is 8. The molecule has 1 aliphatic carbocycles. The van der Waals surface area contributed by atoms with Crippen LogP contribution in [0.5, 0.6) is 0 Å². The van der Waals surface area contributed by atoms with Crippen molar-refractivity contribution in [3.8, 4) is 0 Å². The van der Waals surface area contributed by atoms with Crippen molar-refractivity contribution in [2.24, 2.45) is 0 Å². The van der Waals surface area contributed by atoms with Crippen molar-refractivity contribution in [2.45, 2.75) is 77.6 Å². The number of hydrogen-bond donors (Lipinski definition) is 2. The van der Waals surface area contributed by atoms with Crippen LogP contribution in [0.1, 0.15) is 77.8 Å². The lowest BCUT2D eigenvalue weighted by molar-refractivity contribution is -0.439. The Labute approximate surface area is 340 Å². The molecule has 0 aromatic heterocycles. The molecule has 0 saturated carbocycles. The van der Waals surface area contributed by atoms with Crippen molar-refractivity contribution in [3.05, 3.63) is 131 Å². The summed E-state index contributed by atoms with van der Waals surface area (Å²) in [5, 5.41) is 16.9. The smallest absolute Gasteiger partial charge is 0.344 e. The maximum atomic E-state index is 11.3. The lowest BCUT2D eigenvalue weighted by atomic mass is 9.78. The largest absolute Gasteiger partial charge is 0.397 e. The van der Waals surface area contributed by atoms with Gasteiger partial charge in [-0.2, -0.15) is 13.0 Å². The Morgan fingerprint density at radius 1 is 0.842 bits per heavy atom. The summed E-state index contributed by atoms with van der Waals surface area (Å²) in [5.41, 5.74) is 10.5. The third-order valence-electron chi connectivity index (χ3n) is 11.7. The Morgan fingerprint density at radius 2 is 1.54 bits per heavy atom. The van der Waals surface area contributed by atoms with Crippen LogP contribution in [-0.4, -0.2) is 54.8 Å². The maximum absolute atomic E-state index is 11.3. The molecule has 0 atom stereocenters. The van der Waals surface area contributed by atoms with Gasteiger partial charge in [0.25, 0.3) is 0 Å². The second-order valence-corrected chi connectivity index (χ2v) is 17.5. The zero-order valence-corrected chi connectivity index (χ0v) is 34.8. The fourth-order valence-corrected chi connectivity index (χ4v) is 9.69. The SMILES string of the molecule is CC1=C(/C=C/C2=[N+](CCCOSOOO)c3ccc4ccccc4c3C2(C)C)CCC/C1=C\C=C1\N(CCCOS(=O)(=O)O)c2ccc3ccccc3c2C1(C)C. The first-order valence-corrected chi connectivity index (χ1v) is 21.5. The van der Waals surface area contributed by atoms with E-state index in [0.717, 1.165) is 43.6 Å². The van der Waals surface area contributed by atoms with Crippen molar-refractivity contribution >= 4 is 61.4 Å². The fourth-order valence-electron chi connectivity index (χ4n) is 9.11. The molecule has 0 spiro atoms. The van der Waals surface area contributed by atoms with Gasteiger partial charge in [0, 0.05) is 47.5 Å². The molecule has 0 amide bonds. The second kappa shape index (κ2) is 17.0. The summed E-state index contributed by atoms with van der Waals surface area (Å²) in [6.45, 7) is 12.9. The van der Waals surface area contributed by atoms with Gasteiger partial charge in [-0.3, -0.25) is 8.74 Å². The monoisotopic (exact) mass is 811 g/mol. The van der Waals surface area contributed by atoms with Crippen LogP contribution in [0.15, 0.2) is 120 Å². The molecule has 7 rings (SSSR count). The molecule has 4 aromatic rings. The van der Waals surface area contributed by atoms with E-state index in [0.29, 0.717) is 31.9 Å². The molecule has 10 nitrogen and oxygen atoms in total. The van der Waals surface area contributed by atoms with Crippen LogP contribution >= 0.6 is 12.3 Å². The number of benzene rings is 4. The molecule has 2 heterocycles. The van der Waals surface area contributed by atoms with Gasteiger partial charge in [-0.25, -0.2) is 9.44 Å². The van der Waals surface area contributed by atoms with Crippen LogP contribution in [0, 0.1) is 0 Å². The highest BCUT2D eigenvalue weighted by Crippen LogP contribution is 2.51. The number of anilines is 1. The number of hydrogen-bond acceptors (Lipinski definition) is 9. The Hall–Kier alpha value is -4.11. The molecule has 0 saturated heterocycles. The van der Waals surface area contributed by atoms with E-state index in [1.165, 1.54) is 60.8 Å². The standard InChI is InChI=1S/C45H50N2O8S2/c1-31-32(21-25-40-44(2,3)42-36-17-8-6-13-34(36)19-23-38(42)46(40)27-11-29-52-56-55-54-48)15-10-16-33(31)22-26-41-45(4,5)43-37-18-9-7-14-35(37)20-24-39(43)47(41)28-12-30-53-57(49,50)51/h6-9,13-14,17-26H,10-12,15-16,27-30H2,1-5H3,(H-,48,49,50,51)/p+1. The molecule has 57 heavy (non-hydrogen) atoms. The zero-order chi connectivity index (χ0) is 40.4. The van der Waals surface area contributed by atoms with Crippen LogP contribution in [0.3, 0.4) is 0 Å². The summed E-state index contributed by atoms with van der Waals surface area (Å²) in [4.78, 5) is 2.28. The first-order valence-electron chi connectivity index (χ1n) is 19.5. The summed E-state index contributed by atoms with van der Waals surface area (Å²) < 4.78 is 48.7. The minimum Gasteiger partial charge on any atom is -0.344 e. The molecule has 0 bridgehead atoms. The summed E-state index contributed by atoms with van der Waals surface area (Å²) in [6, 6.07) is 25.7. The molecule has 3 aliphatic rings. The Morgan fingerprint density at radius 3 is 2.26 bits per heavy atom. The van der Waals surface area contributed by atoms with Crippen LogP contribution in [0.4, 0.5) is 11.4 Å². The average Bonchev–Trinajstić information content (AvgIpc) is 3.54. The van der Waals surface area contributed by atoms with Gasteiger partial charge in [0.2, 0.25) is 5.69 Å². The predicted octanol–water partition coefficient (Wildman–Crippen LogP) is 10.6. The van der Waals surface area contributed by atoms with Gasteiger partial charge in [0.1, 0.15) is 0 Å². The Balaban J connectivity index is 1.22. The van der Waals surface area contributed by atoms with Crippen molar-refractivity contribution < 1.29 is 40.5 Å². The summed E-state index contributed by atoms with van der Waals surface area (Å²) in [6.07, 6.45) is 13.3.